The van der Waals surface area contributed by atoms with Crippen LogP contribution in [0.15, 0.2) is 24.3 Å². The smallest absolute Gasteiger partial charge is 0.338 e. The molecule has 3 amide bonds. The maximum Gasteiger partial charge on any atom is 0.338 e. The second kappa shape index (κ2) is 7.08. The van der Waals surface area contributed by atoms with E-state index in [-0.39, 0.29) is 41.1 Å². The van der Waals surface area contributed by atoms with Crippen LogP contribution in [0.2, 0.25) is 0 Å². The summed E-state index contributed by atoms with van der Waals surface area (Å²) in [4.78, 5) is 47.6. The van der Waals surface area contributed by atoms with E-state index in [0.29, 0.717) is 0 Å². The van der Waals surface area contributed by atoms with Gasteiger partial charge >= 0.3 is 5.97 Å². The van der Waals surface area contributed by atoms with E-state index in [1.807, 2.05) is 0 Å². The van der Waals surface area contributed by atoms with Gasteiger partial charge in [0.2, 0.25) is 5.91 Å². The quantitative estimate of drug-likeness (QED) is 0.810. The fraction of sp³-hybridized carbons (Fsp3) is 0.286. The number of carbonyl (C=O) groups excluding carboxylic acids is 4. The van der Waals surface area contributed by atoms with Gasteiger partial charge in [0, 0.05) is 13.1 Å². The van der Waals surface area contributed by atoms with E-state index >= 15 is 0 Å². The molecule has 0 radical (unpaired) electrons. The molecular weight excluding hydrogens is 308 g/mol. The number of amides is 3. The summed E-state index contributed by atoms with van der Waals surface area (Å²) in [7, 11) is 1.24. The molecule has 1 saturated heterocycles. The average molecular weight is 322 g/mol. The number of nitrogens with zero attached hydrogens (tertiary/aromatic N) is 1. The Balaban J connectivity index is 1.97. The predicted octanol–water partition coefficient (Wildman–Crippen LogP) is 0.898. The van der Waals surface area contributed by atoms with Gasteiger partial charge in [-0.3, -0.25) is 19.3 Å². The summed E-state index contributed by atoms with van der Waals surface area (Å²) in [5.41, 5.74) is 0.342. The first-order chi connectivity index (χ1) is 10.5. The molecule has 0 unspecified atom stereocenters. The normalized spacial score (nSPS) is 14.1. The van der Waals surface area contributed by atoms with Crippen LogP contribution in [0.5, 0.6) is 0 Å². The molecule has 0 aromatic heterocycles. The number of carbonyl (C=O) groups is 4. The van der Waals surface area contributed by atoms with Crippen molar-refractivity contribution in [2.75, 3.05) is 26.0 Å². The van der Waals surface area contributed by atoms with E-state index in [2.05, 4.69) is 10.1 Å². The number of ether oxygens (including phenoxy) is 1. The third-order valence-corrected chi connectivity index (χ3v) is 3.90. The summed E-state index contributed by atoms with van der Waals surface area (Å²) >= 11 is 0.942. The molecule has 1 aromatic rings. The molecule has 0 saturated carbocycles. The Morgan fingerprint density at radius 3 is 2.55 bits per heavy atom. The summed E-state index contributed by atoms with van der Waals surface area (Å²) in [6.07, 6.45) is 0. The van der Waals surface area contributed by atoms with E-state index < -0.39 is 11.9 Å². The lowest BCUT2D eigenvalue weighted by atomic mass is 10.1. The molecule has 1 aliphatic rings. The number of methoxy groups -OCH3 is 1. The van der Waals surface area contributed by atoms with Crippen molar-refractivity contribution in [1.29, 1.82) is 0 Å². The second-order valence-electron chi connectivity index (χ2n) is 4.39. The number of imide groups is 1. The van der Waals surface area contributed by atoms with Crippen molar-refractivity contribution in [1.82, 2.24) is 10.2 Å². The summed E-state index contributed by atoms with van der Waals surface area (Å²) in [5, 5.41) is 2.27. The highest BCUT2D eigenvalue weighted by molar-refractivity contribution is 8.14. The molecule has 0 aliphatic carbocycles. The fourth-order valence-corrected chi connectivity index (χ4v) is 2.69. The first kappa shape index (κ1) is 16.0. The van der Waals surface area contributed by atoms with Gasteiger partial charge in [-0.15, -0.1) is 0 Å². The van der Waals surface area contributed by atoms with Crippen molar-refractivity contribution < 1.29 is 23.9 Å². The van der Waals surface area contributed by atoms with Crippen LogP contribution >= 0.6 is 11.8 Å². The zero-order chi connectivity index (χ0) is 16.1. The van der Waals surface area contributed by atoms with Crippen LogP contribution in [-0.4, -0.2) is 53.9 Å². The Labute approximate surface area is 131 Å². The van der Waals surface area contributed by atoms with Crippen LogP contribution in [0.4, 0.5) is 4.79 Å². The van der Waals surface area contributed by atoms with Gasteiger partial charge in [0.25, 0.3) is 11.1 Å². The Bertz CT molecular complexity index is 615. The number of nitrogens with one attached hydrogen (secondary N) is 1. The molecule has 8 heteroatoms. The van der Waals surface area contributed by atoms with Gasteiger partial charge < -0.3 is 10.1 Å². The summed E-state index contributed by atoms with van der Waals surface area (Å²) < 4.78 is 4.62. The maximum atomic E-state index is 12.1. The molecule has 116 valence electrons. The molecule has 1 aliphatic heterocycles. The van der Waals surface area contributed by atoms with E-state index in [4.69, 9.17) is 0 Å². The molecule has 0 atom stereocenters. The Morgan fingerprint density at radius 2 is 1.95 bits per heavy atom. The van der Waals surface area contributed by atoms with Crippen LogP contribution < -0.4 is 5.32 Å². The minimum atomic E-state index is -0.605. The summed E-state index contributed by atoms with van der Waals surface area (Å²) in [6.45, 7) is 0.225. The fourth-order valence-electron chi connectivity index (χ4n) is 1.94. The Kier molecular flexibility index (Phi) is 5.16. The van der Waals surface area contributed by atoms with Crippen LogP contribution in [0, 0.1) is 0 Å². The van der Waals surface area contributed by atoms with Gasteiger partial charge in [0.15, 0.2) is 0 Å². The minimum Gasteiger partial charge on any atom is -0.465 e. The molecule has 0 spiro atoms. The highest BCUT2D eigenvalue weighted by atomic mass is 32.2. The van der Waals surface area contributed by atoms with Crippen molar-refractivity contribution in [2.45, 2.75) is 0 Å². The van der Waals surface area contributed by atoms with Crippen LogP contribution in [0.3, 0.4) is 0 Å². The number of esters is 1. The SMILES string of the molecule is COC(=O)c1ccccc1C(=O)NCCN1C(=O)CSC1=O. The number of benzene rings is 1. The number of hydrogen-bond donors (Lipinski definition) is 1. The number of hydrogen-bond acceptors (Lipinski definition) is 6. The van der Waals surface area contributed by atoms with Crippen molar-refractivity contribution in [3.05, 3.63) is 35.4 Å². The lowest BCUT2D eigenvalue weighted by Crippen LogP contribution is -2.37. The molecule has 7 nitrogen and oxygen atoms in total. The van der Waals surface area contributed by atoms with Crippen molar-refractivity contribution >= 4 is 34.8 Å². The van der Waals surface area contributed by atoms with Gasteiger partial charge in [-0.25, -0.2) is 4.79 Å². The summed E-state index contributed by atoms with van der Waals surface area (Å²) in [6, 6.07) is 6.25. The van der Waals surface area contributed by atoms with Crippen molar-refractivity contribution in [2.24, 2.45) is 0 Å². The Morgan fingerprint density at radius 1 is 1.27 bits per heavy atom. The molecule has 1 aromatic carbocycles. The van der Waals surface area contributed by atoms with E-state index in [1.165, 1.54) is 19.2 Å². The van der Waals surface area contributed by atoms with Gasteiger partial charge in [0.05, 0.1) is 24.0 Å². The standard InChI is InChI=1S/C14H14N2O5S/c1-21-13(19)10-5-3-2-4-9(10)12(18)15-6-7-16-11(17)8-22-14(16)20/h2-5H,6-8H2,1H3,(H,15,18). The van der Waals surface area contributed by atoms with Gasteiger partial charge in [-0.1, -0.05) is 23.9 Å². The average Bonchev–Trinajstić information content (AvgIpc) is 2.85. The highest BCUT2D eigenvalue weighted by Gasteiger charge is 2.29. The number of thioether (sulfide) groups is 1. The number of rotatable bonds is 5. The van der Waals surface area contributed by atoms with E-state index in [1.54, 1.807) is 12.1 Å². The first-order valence-electron chi connectivity index (χ1n) is 6.47. The van der Waals surface area contributed by atoms with Gasteiger partial charge in [0.1, 0.15) is 0 Å². The highest BCUT2D eigenvalue weighted by Crippen LogP contribution is 2.17. The lowest BCUT2D eigenvalue weighted by molar-refractivity contribution is -0.124. The topological polar surface area (TPSA) is 92.8 Å². The molecule has 1 N–H and O–H groups in total. The lowest BCUT2D eigenvalue weighted by Gasteiger charge is -2.13. The molecule has 1 fully saturated rings. The van der Waals surface area contributed by atoms with Crippen molar-refractivity contribution in [3.63, 3.8) is 0 Å². The second-order valence-corrected chi connectivity index (χ2v) is 5.32. The zero-order valence-corrected chi connectivity index (χ0v) is 12.6. The maximum absolute atomic E-state index is 12.1. The van der Waals surface area contributed by atoms with Crippen LogP contribution in [0.25, 0.3) is 0 Å². The summed E-state index contributed by atoms with van der Waals surface area (Å²) in [5.74, 6) is -1.20. The molecule has 2 rings (SSSR count). The molecular formula is C14H14N2O5S. The van der Waals surface area contributed by atoms with E-state index in [0.717, 1.165) is 16.7 Å². The largest absolute Gasteiger partial charge is 0.465 e. The van der Waals surface area contributed by atoms with Crippen LogP contribution in [-0.2, 0) is 9.53 Å². The monoisotopic (exact) mass is 322 g/mol. The van der Waals surface area contributed by atoms with E-state index in [9.17, 15) is 19.2 Å². The zero-order valence-electron chi connectivity index (χ0n) is 11.8. The third-order valence-electron chi connectivity index (χ3n) is 3.04. The molecule has 1 heterocycles. The molecule has 22 heavy (non-hydrogen) atoms. The first-order valence-corrected chi connectivity index (χ1v) is 7.46. The molecule has 0 bridgehead atoms. The Hall–Kier alpha value is -2.35. The third kappa shape index (κ3) is 3.45. The van der Waals surface area contributed by atoms with Gasteiger partial charge in [-0.2, -0.15) is 0 Å². The van der Waals surface area contributed by atoms with Crippen LogP contribution in [0.1, 0.15) is 20.7 Å². The van der Waals surface area contributed by atoms with Gasteiger partial charge in [-0.05, 0) is 12.1 Å². The van der Waals surface area contributed by atoms with Crippen molar-refractivity contribution in [3.8, 4) is 0 Å². The predicted molar refractivity (Wildman–Crippen MR) is 79.7 cm³/mol. The minimum absolute atomic E-state index is 0.108.